The van der Waals surface area contributed by atoms with Gasteiger partial charge in [0.25, 0.3) is 0 Å². The van der Waals surface area contributed by atoms with Gasteiger partial charge in [0.1, 0.15) is 0 Å². The lowest BCUT2D eigenvalue weighted by Gasteiger charge is -2.38. The summed E-state index contributed by atoms with van der Waals surface area (Å²) in [6.07, 6.45) is -3.77. The van der Waals surface area contributed by atoms with Crippen molar-refractivity contribution < 1.29 is 17.9 Å². The van der Waals surface area contributed by atoms with Gasteiger partial charge in [0.2, 0.25) is 0 Å². The van der Waals surface area contributed by atoms with Crippen LogP contribution in [0.5, 0.6) is 0 Å². The van der Waals surface area contributed by atoms with Crippen LogP contribution in [0, 0.1) is 23.7 Å². The number of nitrogens with two attached hydrogens (primary N) is 1. The van der Waals surface area contributed by atoms with Gasteiger partial charge in [-0.25, -0.2) is 0 Å². The zero-order valence-electron chi connectivity index (χ0n) is 13.6. The van der Waals surface area contributed by atoms with Crippen molar-refractivity contribution in [1.82, 2.24) is 0 Å². The quantitative estimate of drug-likeness (QED) is 0.683. The second-order valence-corrected chi connectivity index (χ2v) is 5.92. The molecular formula is C16H28F3NO. The fourth-order valence-corrected chi connectivity index (χ4v) is 2.68. The molecule has 0 aliphatic heterocycles. The lowest BCUT2D eigenvalue weighted by atomic mass is 9.71. The maximum absolute atomic E-state index is 13.1. The fraction of sp³-hybridized carbons (Fsp3) is 0.750. The molecule has 0 saturated carbocycles. The third-order valence-electron chi connectivity index (χ3n) is 4.68. The highest BCUT2D eigenvalue weighted by molar-refractivity contribution is 5.14. The van der Waals surface area contributed by atoms with Gasteiger partial charge in [-0.1, -0.05) is 33.4 Å². The standard InChI is InChI=1S/C16H28F3NO/c1-8-14(21-7)15(12(5)16(17,18)19)11(4)9(2)10(3)13(6)20/h8-11,13-15H,1,5,20H2,2-4,6-7H3/t9-,10+,11+,13-,14?,15-/m1/s1. The molecule has 0 fully saturated rings. The maximum Gasteiger partial charge on any atom is 0.412 e. The number of rotatable bonds is 8. The lowest BCUT2D eigenvalue weighted by molar-refractivity contribution is -0.110. The van der Waals surface area contributed by atoms with Gasteiger partial charge in [-0.15, -0.1) is 6.58 Å². The van der Waals surface area contributed by atoms with Crippen LogP contribution in [0.15, 0.2) is 24.8 Å². The zero-order chi connectivity index (χ0) is 17.0. The number of alkyl halides is 3. The first kappa shape index (κ1) is 20.2. The van der Waals surface area contributed by atoms with E-state index in [9.17, 15) is 13.2 Å². The van der Waals surface area contributed by atoms with E-state index in [1.165, 1.54) is 13.2 Å². The minimum atomic E-state index is -4.45. The summed E-state index contributed by atoms with van der Waals surface area (Å²) >= 11 is 0. The normalized spacial score (nSPS) is 21.0. The van der Waals surface area contributed by atoms with Crippen molar-refractivity contribution in [3.63, 3.8) is 0 Å². The summed E-state index contributed by atoms with van der Waals surface area (Å²) in [4.78, 5) is 0. The van der Waals surface area contributed by atoms with Crippen LogP contribution in [0.3, 0.4) is 0 Å². The number of halogens is 3. The molecule has 0 bridgehead atoms. The van der Waals surface area contributed by atoms with Crippen molar-refractivity contribution >= 4 is 0 Å². The topological polar surface area (TPSA) is 35.2 Å². The summed E-state index contributed by atoms with van der Waals surface area (Å²) in [6.45, 7) is 14.4. The molecule has 5 heteroatoms. The average Bonchev–Trinajstić information content (AvgIpc) is 2.40. The van der Waals surface area contributed by atoms with Gasteiger partial charge in [0.15, 0.2) is 0 Å². The molecular weight excluding hydrogens is 279 g/mol. The maximum atomic E-state index is 13.1. The molecule has 2 N–H and O–H groups in total. The first-order valence-electron chi connectivity index (χ1n) is 7.15. The van der Waals surface area contributed by atoms with Crippen molar-refractivity contribution in [2.75, 3.05) is 7.11 Å². The summed E-state index contributed by atoms with van der Waals surface area (Å²) in [5, 5.41) is 0. The molecule has 0 rings (SSSR count). The Hall–Kier alpha value is -0.810. The lowest BCUT2D eigenvalue weighted by Crippen LogP contribution is -2.40. The Kier molecular flexibility index (Phi) is 7.68. The van der Waals surface area contributed by atoms with Gasteiger partial charge in [-0.2, -0.15) is 13.2 Å². The summed E-state index contributed by atoms with van der Waals surface area (Å²) in [5.74, 6) is -1.08. The van der Waals surface area contributed by atoms with E-state index < -0.39 is 23.8 Å². The van der Waals surface area contributed by atoms with Crippen molar-refractivity contribution in [1.29, 1.82) is 0 Å². The van der Waals surface area contributed by atoms with E-state index in [-0.39, 0.29) is 23.8 Å². The first-order chi connectivity index (χ1) is 9.48. The van der Waals surface area contributed by atoms with Crippen molar-refractivity contribution in [3.8, 4) is 0 Å². The molecule has 1 unspecified atom stereocenters. The van der Waals surface area contributed by atoms with Gasteiger partial charge >= 0.3 is 6.18 Å². The molecule has 0 aromatic carbocycles. The van der Waals surface area contributed by atoms with Crippen LogP contribution in [0.2, 0.25) is 0 Å². The largest absolute Gasteiger partial charge is 0.412 e. The average molecular weight is 307 g/mol. The fourth-order valence-electron chi connectivity index (χ4n) is 2.68. The highest BCUT2D eigenvalue weighted by Gasteiger charge is 2.44. The molecule has 2 nitrogen and oxygen atoms in total. The van der Waals surface area contributed by atoms with E-state index >= 15 is 0 Å². The molecule has 124 valence electrons. The number of hydrogen-bond donors (Lipinski definition) is 1. The third kappa shape index (κ3) is 5.15. The molecule has 0 aromatic heterocycles. The Morgan fingerprint density at radius 1 is 1.10 bits per heavy atom. The van der Waals surface area contributed by atoms with Crippen LogP contribution < -0.4 is 5.73 Å². The summed E-state index contributed by atoms with van der Waals surface area (Å²) in [6, 6.07) is -0.0908. The van der Waals surface area contributed by atoms with Crippen molar-refractivity contribution in [2.45, 2.75) is 46.0 Å². The molecule has 0 spiro atoms. The Labute approximate surface area is 126 Å². The van der Waals surface area contributed by atoms with Gasteiger partial charge < -0.3 is 10.5 Å². The Balaban J connectivity index is 5.49. The minimum absolute atomic E-state index is 0.00769. The van der Waals surface area contributed by atoms with E-state index in [1.54, 1.807) is 6.92 Å². The third-order valence-corrected chi connectivity index (χ3v) is 4.68. The predicted molar refractivity (Wildman–Crippen MR) is 80.8 cm³/mol. The smallest absolute Gasteiger partial charge is 0.377 e. The number of hydrogen-bond acceptors (Lipinski definition) is 2. The van der Waals surface area contributed by atoms with Crippen LogP contribution in [0.4, 0.5) is 13.2 Å². The molecule has 0 radical (unpaired) electrons. The Bertz CT molecular complexity index is 352. The molecule has 0 heterocycles. The van der Waals surface area contributed by atoms with Gasteiger partial charge in [0.05, 0.1) is 6.10 Å². The van der Waals surface area contributed by atoms with Gasteiger partial charge in [-0.3, -0.25) is 0 Å². The molecule has 0 amide bonds. The van der Waals surface area contributed by atoms with Crippen LogP contribution in [-0.2, 0) is 4.74 Å². The van der Waals surface area contributed by atoms with Crippen LogP contribution in [-0.4, -0.2) is 25.4 Å². The molecule has 21 heavy (non-hydrogen) atoms. The summed E-state index contributed by atoms with van der Waals surface area (Å²) in [7, 11) is 1.38. The van der Waals surface area contributed by atoms with Gasteiger partial charge in [-0.05, 0) is 24.7 Å². The molecule has 0 aliphatic carbocycles. The monoisotopic (exact) mass is 307 g/mol. The van der Waals surface area contributed by atoms with E-state index in [2.05, 4.69) is 13.2 Å². The SMILES string of the molecule is C=CC(OC)[C@@H](C(=C)C(F)(F)F)[C@@H](C)[C@H](C)[C@H](C)[C@@H](C)N. The molecule has 0 aliphatic rings. The first-order valence-corrected chi connectivity index (χ1v) is 7.15. The second kappa shape index (κ2) is 7.99. The Morgan fingerprint density at radius 3 is 1.86 bits per heavy atom. The predicted octanol–water partition coefficient (Wildman–Crippen LogP) is 4.18. The highest BCUT2D eigenvalue weighted by atomic mass is 19.4. The Morgan fingerprint density at radius 2 is 1.57 bits per heavy atom. The van der Waals surface area contributed by atoms with E-state index in [4.69, 9.17) is 10.5 Å². The van der Waals surface area contributed by atoms with Crippen LogP contribution in [0.25, 0.3) is 0 Å². The summed E-state index contributed by atoms with van der Waals surface area (Å²) in [5.41, 5.74) is 5.11. The zero-order valence-corrected chi connectivity index (χ0v) is 13.6. The van der Waals surface area contributed by atoms with E-state index in [1.807, 2.05) is 20.8 Å². The second-order valence-electron chi connectivity index (χ2n) is 5.92. The van der Waals surface area contributed by atoms with Gasteiger partial charge in [0, 0.05) is 24.6 Å². The molecule has 0 saturated heterocycles. The van der Waals surface area contributed by atoms with Crippen LogP contribution in [0.1, 0.15) is 27.7 Å². The molecule has 0 aromatic rings. The number of methoxy groups -OCH3 is 1. The van der Waals surface area contributed by atoms with E-state index in [0.717, 1.165) is 0 Å². The van der Waals surface area contributed by atoms with E-state index in [0.29, 0.717) is 0 Å². The van der Waals surface area contributed by atoms with Crippen molar-refractivity contribution in [3.05, 3.63) is 24.8 Å². The highest BCUT2D eigenvalue weighted by Crippen LogP contribution is 2.41. The summed E-state index contributed by atoms with van der Waals surface area (Å²) < 4.78 is 44.5. The number of ether oxygens (including phenoxy) is 1. The van der Waals surface area contributed by atoms with Crippen LogP contribution >= 0.6 is 0 Å². The minimum Gasteiger partial charge on any atom is -0.377 e. The van der Waals surface area contributed by atoms with Crippen molar-refractivity contribution in [2.24, 2.45) is 29.4 Å². The molecule has 6 atom stereocenters.